The van der Waals surface area contributed by atoms with E-state index >= 15 is 0 Å². The zero-order valence-corrected chi connectivity index (χ0v) is 16.0. The molecule has 3 heterocycles. The maximum Gasteiger partial charge on any atom is 0.251 e. The first-order valence-electron chi connectivity index (χ1n) is 8.32. The van der Waals surface area contributed by atoms with E-state index in [1.807, 2.05) is 38.7 Å². The smallest absolute Gasteiger partial charge is 0.251 e. The zero-order valence-electron chi connectivity index (χ0n) is 15.2. The van der Waals surface area contributed by atoms with Crippen molar-refractivity contribution >= 4 is 18.3 Å². The van der Waals surface area contributed by atoms with E-state index < -0.39 is 0 Å². The Morgan fingerprint density at radius 3 is 2.32 bits per heavy atom. The predicted octanol–water partition coefficient (Wildman–Crippen LogP) is 1.29. The van der Waals surface area contributed by atoms with E-state index in [-0.39, 0.29) is 18.3 Å². The minimum absolute atomic E-state index is 0. The number of aryl methyl sites for hydroxylation is 3. The minimum Gasteiger partial charge on any atom is -0.340 e. The normalized spacial score (nSPS) is 14.3. The van der Waals surface area contributed by atoms with Gasteiger partial charge in [-0.15, -0.1) is 12.4 Å². The molecular weight excluding hydrogens is 340 g/mol. The van der Waals surface area contributed by atoms with Gasteiger partial charge in [0.1, 0.15) is 0 Å². The van der Waals surface area contributed by atoms with Gasteiger partial charge in [-0.25, -0.2) is 14.6 Å². The summed E-state index contributed by atoms with van der Waals surface area (Å²) in [7, 11) is 0. The summed E-state index contributed by atoms with van der Waals surface area (Å²) in [5, 5.41) is 7.83. The van der Waals surface area contributed by atoms with Gasteiger partial charge >= 0.3 is 0 Å². The van der Waals surface area contributed by atoms with Gasteiger partial charge in [0.05, 0.1) is 12.1 Å². The lowest BCUT2D eigenvalue weighted by Crippen LogP contribution is -2.47. The van der Waals surface area contributed by atoms with Crippen molar-refractivity contribution in [2.45, 2.75) is 34.1 Å². The molecule has 25 heavy (non-hydrogen) atoms. The molecule has 7 nitrogen and oxygen atoms in total. The summed E-state index contributed by atoms with van der Waals surface area (Å²) < 4.78 is 1.75. The van der Waals surface area contributed by atoms with E-state index in [2.05, 4.69) is 20.4 Å². The molecule has 0 atom stereocenters. The molecule has 8 heteroatoms. The first kappa shape index (κ1) is 19.3. The molecule has 2 aromatic heterocycles. The highest BCUT2D eigenvalue weighted by Gasteiger charge is 2.21. The Labute approximate surface area is 154 Å². The van der Waals surface area contributed by atoms with E-state index in [9.17, 15) is 4.79 Å². The van der Waals surface area contributed by atoms with Crippen LogP contribution in [-0.4, -0.2) is 56.7 Å². The van der Waals surface area contributed by atoms with Crippen LogP contribution in [0.2, 0.25) is 0 Å². The standard InChI is InChI=1S/C17H24N6O.ClH/c1-11-9-12(2)20-17(19-11)23-14(4)15(13(3)21-23)10-16(24)22-7-5-18-6-8-22;/h9,18H,5-8,10H2,1-4H3;1H. The second kappa shape index (κ2) is 7.93. The summed E-state index contributed by atoms with van der Waals surface area (Å²) >= 11 is 0. The fraction of sp³-hybridized carbons (Fsp3) is 0.529. The quantitative estimate of drug-likeness (QED) is 0.888. The predicted molar refractivity (Wildman–Crippen MR) is 98.5 cm³/mol. The minimum atomic E-state index is 0. The number of rotatable bonds is 3. The Hall–Kier alpha value is -1.99. The molecule has 0 radical (unpaired) electrons. The largest absolute Gasteiger partial charge is 0.340 e. The van der Waals surface area contributed by atoms with Crippen LogP contribution >= 0.6 is 12.4 Å². The fourth-order valence-electron chi connectivity index (χ4n) is 3.10. The van der Waals surface area contributed by atoms with Crippen LogP contribution in [0.1, 0.15) is 28.3 Å². The average Bonchev–Trinajstić information content (AvgIpc) is 2.83. The van der Waals surface area contributed by atoms with Gasteiger partial charge < -0.3 is 10.2 Å². The monoisotopic (exact) mass is 364 g/mol. The lowest BCUT2D eigenvalue weighted by Gasteiger charge is -2.27. The number of halogens is 1. The molecule has 1 aliphatic rings. The number of piperazine rings is 1. The highest BCUT2D eigenvalue weighted by Crippen LogP contribution is 2.18. The summed E-state index contributed by atoms with van der Waals surface area (Å²) in [6.07, 6.45) is 0.377. The van der Waals surface area contributed by atoms with Gasteiger partial charge in [0, 0.05) is 48.8 Å². The molecule has 0 aromatic carbocycles. The van der Waals surface area contributed by atoms with Gasteiger partial charge in [0.15, 0.2) is 0 Å². The summed E-state index contributed by atoms with van der Waals surface area (Å²) in [5.41, 5.74) is 4.58. The van der Waals surface area contributed by atoms with E-state index in [4.69, 9.17) is 0 Å². The van der Waals surface area contributed by atoms with E-state index in [0.717, 1.165) is 54.5 Å². The van der Waals surface area contributed by atoms with E-state index in [1.54, 1.807) is 4.68 Å². The Kier molecular flexibility index (Phi) is 6.13. The maximum absolute atomic E-state index is 12.6. The molecule has 1 N–H and O–H groups in total. The Morgan fingerprint density at radius 1 is 1.12 bits per heavy atom. The number of carbonyl (C=O) groups excluding carboxylic acids is 1. The third-order valence-electron chi connectivity index (χ3n) is 4.40. The Balaban J connectivity index is 0.00000225. The average molecular weight is 365 g/mol. The lowest BCUT2D eigenvalue weighted by atomic mass is 10.1. The van der Waals surface area contributed by atoms with Crippen LogP contribution < -0.4 is 5.32 Å². The lowest BCUT2D eigenvalue weighted by molar-refractivity contribution is -0.131. The summed E-state index contributed by atoms with van der Waals surface area (Å²) in [6, 6.07) is 1.93. The molecule has 1 aliphatic heterocycles. The number of amides is 1. The van der Waals surface area contributed by atoms with Crippen LogP contribution in [0.4, 0.5) is 0 Å². The molecule has 0 aliphatic carbocycles. The van der Waals surface area contributed by atoms with Crippen LogP contribution in [0.25, 0.3) is 5.95 Å². The number of carbonyl (C=O) groups is 1. The van der Waals surface area contributed by atoms with Crippen LogP contribution in [0.5, 0.6) is 0 Å². The molecule has 136 valence electrons. The van der Waals surface area contributed by atoms with E-state index in [0.29, 0.717) is 12.4 Å². The second-order valence-electron chi connectivity index (χ2n) is 6.32. The molecule has 0 unspecified atom stereocenters. The van der Waals surface area contributed by atoms with Crippen molar-refractivity contribution in [1.29, 1.82) is 0 Å². The molecule has 3 rings (SSSR count). The van der Waals surface area contributed by atoms with Gasteiger partial charge in [-0.2, -0.15) is 5.10 Å². The van der Waals surface area contributed by atoms with Crippen molar-refractivity contribution in [1.82, 2.24) is 30.0 Å². The molecule has 2 aromatic rings. The number of hydrogen-bond acceptors (Lipinski definition) is 5. The summed E-state index contributed by atoms with van der Waals surface area (Å²) in [4.78, 5) is 23.4. The SMILES string of the molecule is Cc1cc(C)nc(-n2nc(C)c(CC(=O)N3CCNCC3)c2C)n1.Cl. The number of nitrogens with zero attached hydrogens (tertiary/aromatic N) is 5. The maximum atomic E-state index is 12.6. The topological polar surface area (TPSA) is 75.9 Å². The first-order chi connectivity index (χ1) is 11.5. The number of hydrogen-bond donors (Lipinski definition) is 1. The van der Waals surface area contributed by atoms with Crippen molar-refractivity contribution in [3.8, 4) is 5.95 Å². The molecular formula is C17H25ClN6O. The number of aromatic nitrogens is 4. The van der Waals surface area contributed by atoms with Crippen molar-refractivity contribution in [3.05, 3.63) is 34.4 Å². The Morgan fingerprint density at radius 2 is 1.72 bits per heavy atom. The van der Waals surface area contributed by atoms with Crippen LogP contribution in [0, 0.1) is 27.7 Å². The van der Waals surface area contributed by atoms with E-state index in [1.165, 1.54) is 0 Å². The zero-order chi connectivity index (χ0) is 17.3. The summed E-state index contributed by atoms with van der Waals surface area (Å²) in [6.45, 7) is 11.1. The van der Waals surface area contributed by atoms with Crippen molar-refractivity contribution in [2.75, 3.05) is 26.2 Å². The molecule has 1 fully saturated rings. The van der Waals surface area contributed by atoms with Crippen LogP contribution in [-0.2, 0) is 11.2 Å². The third kappa shape index (κ3) is 4.16. The van der Waals surface area contributed by atoms with Gasteiger partial charge in [-0.05, 0) is 33.8 Å². The molecule has 0 bridgehead atoms. The van der Waals surface area contributed by atoms with Crippen molar-refractivity contribution < 1.29 is 4.79 Å². The Bertz CT molecular complexity index is 746. The molecule has 1 saturated heterocycles. The molecule has 0 saturated carbocycles. The fourth-order valence-corrected chi connectivity index (χ4v) is 3.10. The molecule has 0 spiro atoms. The summed E-state index contributed by atoms with van der Waals surface area (Å²) in [5.74, 6) is 0.720. The highest BCUT2D eigenvalue weighted by molar-refractivity contribution is 5.85. The van der Waals surface area contributed by atoms with Gasteiger partial charge in [-0.1, -0.05) is 0 Å². The van der Waals surface area contributed by atoms with Gasteiger partial charge in [0.25, 0.3) is 5.95 Å². The van der Waals surface area contributed by atoms with Crippen LogP contribution in [0.3, 0.4) is 0 Å². The molecule has 1 amide bonds. The van der Waals surface area contributed by atoms with Crippen LogP contribution in [0.15, 0.2) is 6.07 Å². The van der Waals surface area contributed by atoms with Gasteiger partial charge in [0.2, 0.25) is 5.91 Å². The van der Waals surface area contributed by atoms with Gasteiger partial charge in [-0.3, -0.25) is 4.79 Å². The third-order valence-corrected chi connectivity index (χ3v) is 4.40. The second-order valence-corrected chi connectivity index (χ2v) is 6.32. The number of nitrogens with one attached hydrogen (secondary N) is 1. The highest BCUT2D eigenvalue weighted by atomic mass is 35.5. The van der Waals surface area contributed by atoms with Crippen molar-refractivity contribution in [3.63, 3.8) is 0 Å². The first-order valence-corrected chi connectivity index (χ1v) is 8.32. The van der Waals surface area contributed by atoms with Crippen molar-refractivity contribution in [2.24, 2.45) is 0 Å².